The van der Waals surface area contributed by atoms with Crippen LogP contribution in [0.2, 0.25) is 0 Å². The second kappa shape index (κ2) is 6.02. The summed E-state index contributed by atoms with van der Waals surface area (Å²) < 4.78 is 0. The molecule has 2 nitrogen and oxygen atoms in total. The fourth-order valence-corrected chi connectivity index (χ4v) is 3.31. The molecular weight excluding hydrogens is 196 g/mol. The first-order valence-electron chi connectivity index (χ1n) is 7.02. The quantitative estimate of drug-likeness (QED) is 0.749. The molecule has 0 aliphatic carbocycles. The summed E-state index contributed by atoms with van der Waals surface area (Å²) in [6, 6.07) is 0.612. The Morgan fingerprint density at radius 2 is 1.81 bits per heavy atom. The van der Waals surface area contributed by atoms with E-state index in [0.29, 0.717) is 11.6 Å². The minimum Gasteiger partial charge on any atom is -0.315 e. The molecule has 1 rings (SSSR count). The van der Waals surface area contributed by atoms with Crippen molar-refractivity contribution >= 4 is 0 Å². The van der Waals surface area contributed by atoms with E-state index in [0.717, 1.165) is 5.92 Å². The van der Waals surface area contributed by atoms with Crippen LogP contribution in [-0.4, -0.2) is 36.6 Å². The highest BCUT2D eigenvalue weighted by molar-refractivity contribution is 4.99. The fraction of sp³-hybridized carbons (Fsp3) is 1.00. The number of likely N-dealkylation sites (tertiary alicyclic amines) is 1. The molecule has 0 aromatic carbocycles. The van der Waals surface area contributed by atoms with Gasteiger partial charge < -0.3 is 5.32 Å². The van der Waals surface area contributed by atoms with Gasteiger partial charge >= 0.3 is 0 Å². The molecule has 0 spiro atoms. The molecule has 1 aliphatic heterocycles. The average Bonchev–Trinajstić information content (AvgIpc) is 2.83. The monoisotopic (exact) mass is 226 g/mol. The predicted octanol–water partition coefficient (Wildman–Crippen LogP) is 2.89. The summed E-state index contributed by atoms with van der Waals surface area (Å²) in [4.78, 5) is 2.71. The molecule has 0 aromatic rings. The van der Waals surface area contributed by atoms with Crippen molar-refractivity contribution in [3.63, 3.8) is 0 Å². The van der Waals surface area contributed by atoms with Gasteiger partial charge in [-0.05, 0) is 52.2 Å². The van der Waals surface area contributed by atoms with Gasteiger partial charge in [-0.3, -0.25) is 4.90 Å². The molecule has 96 valence electrons. The van der Waals surface area contributed by atoms with Gasteiger partial charge in [-0.25, -0.2) is 0 Å². The van der Waals surface area contributed by atoms with Gasteiger partial charge in [-0.2, -0.15) is 0 Å². The second-order valence-corrected chi connectivity index (χ2v) is 5.56. The van der Waals surface area contributed by atoms with Crippen LogP contribution in [-0.2, 0) is 0 Å². The van der Waals surface area contributed by atoms with E-state index >= 15 is 0 Å². The standard InChI is InChI=1S/C14H30N2/c1-6-12(3)13(15-5)14(4,7-2)16-10-8-9-11-16/h12-13,15H,6-11H2,1-5H3. The van der Waals surface area contributed by atoms with E-state index in [9.17, 15) is 0 Å². The number of hydrogen-bond donors (Lipinski definition) is 1. The normalized spacial score (nSPS) is 25.3. The van der Waals surface area contributed by atoms with Crippen LogP contribution < -0.4 is 5.32 Å². The molecule has 2 heteroatoms. The Bertz CT molecular complexity index is 199. The van der Waals surface area contributed by atoms with Crippen molar-refractivity contribution in [2.45, 2.75) is 65.0 Å². The summed E-state index contributed by atoms with van der Waals surface area (Å²) in [6.07, 6.45) is 5.26. The average molecular weight is 226 g/mol. The van der Waals surface area contributed by atoms with Crippen molar-refractivity contribution in [1.82, 2.24) is 10.2 Å². The molecule has 1 fully saturated rings. The van der Waals surface area contributed by atoms with Crippen molar-refractivity contribution < 1.29 is 0 Å². The molecule has 16 heavy (non-hydrogen) atoms. The lowest BCUT2D eigenvalue weighted by atomic mass is 9.79. The van der Waals surface area contributed by atoms with Crippen LogP contribution in [0.4, 0.5) is 0 Å². The van der Waals surface area contributed by atoms with Gasteiger partial charge in [0.05, 0.1) is 0 Å². The Labute approximate surface area is 102 Å². The van der Waals surface area contributed by atoms with Crippen molar-refractivity contribution in [2.24, 2.45) is 5.92 Å². The molecule has 1 heterocycles. The zero-order valence-corrected chi connectivity index (χ0v) is 11.8. The second-order valence-electron chi connectivity index (χ2n) is 5.56. The zero-order valence-electron chi connectivity index (χ0n) is 11.8. The number of likely N-dealkylation sites (N-methyl/N-ethyl adjacent to an activating group) is 1. The molecule has 0 saturated carbocycles. The Morgan fingerprint density at radius 1 is 1.25 bits per heavy atom. The van der Waals surface area contributed by atoms with Gasteiger partial charge in [0.1, 0.15) is 0 Å². The third kappa shape index (κ3) is 2.60. The summed E-state index contributed by atoms with van der Waals surface area (Å²) in [5.74, 6) is 0.746. The van der Waals surface area contributed by atoms with Crippen LogP contribution in [0.25, 0.3) is 0 Å². The molecule has 1 saturated heterocycles. The van der Waals surface area contributed by atoms with Gasteiger partial charge in [-0.1, -0.05) is 27.2 Å². The van der Waals surface area contributed by atoms with E-state index < -0.39 is 0 Å². The first kappa shape index (κ1) is 14.0. The number of rotatable bonds is 6. The minimum absolute atomic E-state index is 0.334. The highest BCUT2D eigenvalue weighted by atomic mass is 15.2. The first-order valence-corrected chi connectivity index (χ1v) is 7.02. The van der Waals surface area contributed by atoms with Crippen LogP contribution in [0.15, 0.2) is 0 Å². The Morgan fingerprint density at radius 3 is 2.19 bits per heavy atom. The van der Waals surface area contributed by atoms with Crippen molar-refractivity contribution in [1.29, 1.82) is 0 Å². The smallest absolute Gasteiger partial charge is 0.0334 e. The summed E-state index contributed by atoms with van der Waals surface area (Å²) in [5.41, 5.74) is 0.334. The van der Waals surface area contributed by atoms with E-state index in [4.69, 9.17) is 0 Å². The summed E-state index contributed by atoms with van der Waals surface area (Å²) in [6.45, 7) is 12.1. The van der Waals surface area contributed by atoms with Crippen LogP contribution in [0.1, 0.15) is 53.4 Å². The lowest BCUT2D eigenvalue weighted by Crippen LogP contribution is -2.60. The highest BCUT2D eigenvalue weighted by Crippen LogP contribution is 2.32. The third-order valence-corrected chi connectivity index (χ3v) is 4.74. The predicted molar refractivity (Wildman–Crippen MR) is 71.8 cm³/mol. The maximum Gasteiger partial charge on any atom is 0.0334 e. The maximum atomic E-state index is 3.58. The largest absolute Gasteiger partial charge is 0.315 e. The van der Waals surface area contributed by atoms with Crippen LogP contribution in [0.3, 0.4) is 0 Å². The van der Waals surface area contributed by atoms with E-state index in [1.165, 1.54) is 38.8 Å². The van der Waals surface area contributed by atoms with E-state index in [-0.39, 0.29) is 0 Å². The summed E-state index contributed by atoms with van der Waals surface area (Å²) >= 11 is 0. The van der Waals surface area contributed by atoms with Gasteiger partial charge in [-0.15, -0.1) is 0 Å². The van der Waals surface area contributed by atoms with Crippen LogP contribution in [0, 0.1) is 5.92 Å². The molecule has 0 radical (unpaired) electrons. The van der Waals surface area contributed by atoms with Gasteiger partial charge in [0, 0.05) is 11.6 Å². The van der Waals surface area contributed by atoms with Crippen LogP contribution in [0.5, 0.6) is 0 Å². The molecular formula is C14H30N2. The topological polar surface area (TPSA) is 15.3 Å². The Balaban J connectivity index is 2.82. The summed E-state index contributed by atoms with van der Waals surface area (Å²) in [7, 11) is 2.13. The van der Waals surface area contributed by atoms with E-state index in [2.05, 4.69) is 45.0 Å². The molecule has 1 aliphatic rings. The zero-order chi connectivity index (χ0) is 12.2. The minimum atomic E-state index is 0.334. The third-order valence-electron chi connectivity index (χ3n) is 4.74. The molecule has 3 unspecified atom stereocenters. The first-order chi connectivity index (χ1) is 7.60. The van der Waals surface area contributed by atoms with Gasteiger partial charge in [0.15, 0.2) is 0 Å². The molecule has 0 aromatic heterocycles. The lowest BCUT2D eigenvalue weighted by Gasteiger charge is -2.47. The highest BCUT2D eigenvalue weighted by Gasteiger charge is 2.40. The van der Waals surface area contributed by atoms with Crippen molar-refractivity contribution in [3.8, 4) is 0 Å². The van der Waals surface area contributed by atoms with Gasteiger partial charge in [0.2, 0.25) is 0 Å². The summed E-state index contributed by atoms with van der Waals surface area (Å²) in [5, 5.41) is 3.58. The van der Waals surface area contributed by atoms with Gasteiger partial charge in [0.25, 0.3) is 0 Å². The Hall–Kier alpha value is -0.0800. The SMILES string of the molecule is CCC(C)C(NC)C(C)(CC)N1CCCC1. The number of nitrogens with zero attached hydrogens (tertiary/aromatic N) is 1. The maximum absolute atomic E-state index is 3.58. The van der Waals surface area contributed by atoms with Crippen molar-refractivity contribution in [3.05, 3.63) is 0 Å². The Kier molecular flexibility index (Phi) is 5.26. The van der Waals surface area contributed by atoms with E-state index in [1.807, 2.05) is 0 Å². The van der Waals surface area contributed by atoms with Crippen molar-refractivity contribution in [2.75, 3.05) is 20.1 Å². The number of hydrogen-bond acceptors (Lipinski definition) is 2. The molecule has 3 atom stereocenters. The van der Waals surface area contributed by atoms with Crippen LogP contribution >= 0.6 is 0 Å². The fourth-order valence-electron chi connectivity index (χ4n) is 3.31. The lowest BCUT2D eigenvalue weighted by molar-refractivity contribution is 0.0634. The number of nitrogens with one attached hydrogen (secondary N) is 1. The molecule has 1 N–H and O–H groups in total. The molecule has 0 bridgehead atoms. The van der Waals surface area contributed by atoms with E-state index in [1.54, 1.807) is 0 Å². The molecule has 0 amide bonds.